The zero-order chi connectivity index (χ0) is 13.1. The van der Waals surface area contributed by atoms with E-state index in [2.05, 4.69) is 15.5 Å². The Balaban J connectivity index is 1.93. The summed E-state index contributed by atoms with van der Waals surface area (Å²) in [7, 11) is 0. The maximum Gasteiger partial charge on any atom is 0.253 e. The van der Waals surface area contributed by atoms with Crippen molar-refractivity contribution in [1.82, 2.24) is 15.5 Å². The number of carbonyl (C=O) groups excluding carboxylic acids is 1. The van der Waals surface area contributed by atoms with Crippen molar-refractivity contribution in [2.24, 2.45) is 11.7 Å². The molecule has 18 heavy (non-hydrogen) atoms. The molecule has 1 saturated carbocycles. The van der Waals surface area contributed by atoms with E-state index in [1.165, 1.54) is 0 Å². The number of rotatable bonds is 3. The third-order valence-electron chi connectivity index (χ3n) is 3.48. The van der Waals surface area contributed by atoms with Gasteiger partial charge in [0.05, 0.1) is 17.0 Å². The predicted molar refractivity (Wildman–Crippen MR) is 69.2 cm³/mol. The van der Waals surface area contributed by atoms with Gasteiger partial charge in [-0.2, -0.15) is 10.2 Å². The van der Waals surface area contributed by atoms with Crippen molar-refractivity contribution >= 4 is 5.91 Å². The highest BCUT2D eigenvalue weighted by Gasteiger charge is 2.22. The lowest BCUT2D eigenvalue weighted by Gasteiger charge is -2.12. The summed E-state index contributed by atoms with van der Waals surface area (Å²) in [6.07, 6.45) is 3.18. The molecule has 0 radical (unpaired) electrons. The maximum absolute atomic E-state index is 12.0. The van der Waals surface area contributed by atoms with E-state index in [0.717, 1.165) is 25.0 Å². The summed E-state index contributed by atoms with van der Waals surface area (Å²) in [5, 5.41) is 10.9. The van der Waals surface area contributed by atoms with Crippen LogP contribution in [0.15, 0.2) is 6.07 Å². The van der Waals surface area contributed by atoms with Crippen molar-refractivity contribution in [2.75, 3.05) is 6.54 Å². The van der Waals surface area contributed by atoms with E-state index in [-0.39, 0.29) is 5.91 Å². The van der Waals surface area contributed by atoms with Gasteiger partial charge in [-0.05, 0) is 45.1 Å². The molecule has 0 bridgehead atoms. The molecule has 1 aromatic rings. The molecule has 0 aliphatic heterocycles. The summed E-state index contributed by atoms with van der Waals surface area (Å²) in [5.41, 5.74) is 7.90. The van der Waals surface area contributed by atoms with Crippen molar-refractivity contribution in [3.05, 3.63) is 23.0 Å². The van der Waals surface area contributed by atoms with Crippen molar-refractivity contribution in [3.8, 4) is 0 Å². The number of nitrogens with two attached hydrogens (primary N) is 1. The van der Waals surface area contributed by atoms with Crippen LogP contribution in [0, 0.1) is 19.8 Å². The number of aryl methyl sites for hydroxylation is 2. The summed E-state index contributed by atoms with van der Waals surface area (Å²) in [5.74, 6) is 0.450. The SMILES string of the molecule is Cc1cc(C(=O)NCC2CCC(N)C2)c(C)nn1. The first kappa shape index (κ1) is 13.0. The molecule has 0 saturated heterocycles. The molecular weight excluding hydrogens is 228 g/mol. The smallest absolute Gasteiger partial charge is 0.253 e. The Morgan fingerprint density at radius 1 is 1.44 bits per heavy atom. The van der Waals surface area contributed by atoms with Gasteiger partial charge >= 0.3 is 0 Å². The minimum atomic E-state index is -0.0639. The van der Waals surface area contributed by atoms with E-state index in [0.29, 0.717) is 29.8 Å². The lowest BCUT2D eigenvalue weighted by molar-refractivity contribution is 0.0946. The van der Waals surface area contributed by atoms with Crippen LogP contribution < -0.4 is 11.1 Å². The molecule has 3 N–H and O–H groups in total. The van der Waals surface area contributed by atoms with Crippen LogP contribution in [0.25, 0.3) is 0 Å². The lowest BCUT2D eigenvalue weighted by atomic mass is 10.1. The van der Waals surface area contributed by atoms with E-state index in [1.54, 1.807) is 13.0 Å². The second kappa shape index (κ2) is 5.44. The monoisotopic (exact) mass is 248 g/mol. The summed E-state index contributed by atoms with van der Waals surface area (Å²) in [6, 6.07) is 2.08. The number of nitrogens with zero attached hydrogens (tertiary/aromatic N) is 2. The molecule has 0 spiro atoms. The van der Waals surface area contributed by atoms with E-state index < -0.39 is 0 Å². The van der Waals surface area contributed by atoms with Crippen molar-refractivity contribution < 1.29 is 4.79 Å². The van der Waals surface area contributed by atoms with Crippen LogP contribution in [-0.2, 0) is 0 Å². The Labute approximate surface area is 107 Å². The highest BCUT2D eigenvalue weighted by atomic mass is 16.1. The fourth-order valence-electron chi connectivity index (χ4n) is 2.41. The molecule has 1 aliphatic carbocycles. The summed E-state index contributed by atoms with van der Waals surface area (Å²) in [6.45, 7) is 4.33. The van der Waals surface area contributed by atoms with Gasteiger partial charge in [-0.25, -0.2) is 0 Å². The second-order valence-corrected chi connectivity index (χ2v) is 5.13. The van der Waals surface area contributed by atoms with Crippen LogP contribution >= 0.6 is 0 Å². The minimum Gasteiger partial charge on any atom is -0.352 e. The number of hydrogen-bond acceptors (Lipinski definition) is 4. The first-order chi connectivity index (χ1) is 8.56. The van der Waals surface area contributed by atoms with Crippen LogP contribution in [0.1, 0.15) is 41.0 Å². The molecule has 2 rings (SSSR count). The third-order valence-corrected chi connectivity index (χ3v) is 3.48. The number of amides is 1. The second-order valence-electron chi connectivity index (χ2n) is 5.13. The summed E-state index contributed by atoms with van der Waals surface area (Å²) < 4.78 is 0. The zero-order valence-electron chi connectivity index (χ0n) is 10.9. The number of carbonyl (C=O) groups is 1. The van der Waals surface area contributed by atoms with Crippen molar-refractivity contribution in [3.63, 3.8) is 0 Å². The number of aromatic nitrogens is 2. The molecule has 0 aromatic carbocycles. The van der Waals surface area contributed by atoms with Gasteiger partial charge in [0.2, 0.25) is 0 Å². The first-order valence-electron chi connectivity index (χ1n) is 6.41. The number of nitrogens with one attached hydrogen (secondary N) is 1. The van der Waals surface area contributed by atoms with Crippen molar-refractivity contribution in [1.29, 1.82) is 0 Å². The molecule has 1 aromatic heterocycles. The fraction of sp³-hybridized carbons (Fsp3) is 0.615. The average molecular weight is 248 g/mol. The van der Waals surface area contributed by atoms with Gasteiger partial charge in [-0.15, -0.1) is 0 Å². The molecule has 1 fully saturated rings. The molecule has 2 atom stereocenters. The Hall–Kier alpha value is -1.49. The van der Waals surface area contributed by atoms with Crippen LogP contribution in [0.3, 0.4) is 0 Å². The standard InChI is InChI=1S/C13H20N4O/c1-8-5-12(9(2)17-16-8)13(18)15-7-10-3-4-11(14)6-10/h5,10-11H,3-4,6-7,14H2,1-2H3,(H,15,18). The van der Waals surface area contributed by atoms with Crippen LogP contribution in [0.5, 0.6) is 0 Å². The van der Waals surface area contributed by atoms with Gasteiger partial charge in [0.25, 0.3) is 5.91 Å². The first-order valence-corrected chi connectivity index (χ1v) is 6.41. The van der Waals surface area contributed by atoms with E-state index in [1.807, 2.05) is 6.92 Å². The Bertz CT molecular complexity index is 447. The van der Waals surface area contributed by atoms with E-state index in [9.17, 15) is 4.79 Å². The van der Waals surface area contributed by atoms with E-state index >= 15 is 0 Å². The molecule has 5 nitrogen and oxygen atoms in total. The van der Waals surface area contributed by atoms with Gasteiger partial charge in [0, 0.05) is 12.6 Å². The molecule has 5 heteroatoms. The van der Waals surface area contributed by atoms with Gasteiger partial charge in [-0.3, -0.25) is 4.79 Å². The average Bonchev–Trinajstić information content (AvgIpc) is 2.75. The Morgan fingerprint density at radius 3 is 2.89 bits per heavy atom. The normalized spacial score (nSPS) is 23.1. The van der Waals surface area contributed by atoms with Crippen LogP contribution in [0.4, 0.5) is 0 Å². The summed E-state index contributed by atoms with van der Waals surface area (Å²) >= 11 is 0. The quantitative estimate of drug-likeness (QED) is 0.834. The molecule has 1 heterocycles. The molecule has 98 valence electrons. The van der Waals surface area contributed by atoms with Gasteiger partial charge in [-0.1, -0.05) is 0 Å². The van der Waals surface area contributed by atoms with Crippen LogP contribution in [0.2, 0.25) is 0 Å². The Morgan fingerprint density at radius 2 is 2.22 bits per heavy atom. The van der Waals surface area contributed by atoms with Gasteiger partial charge in [0.15, 0.2) is 0 Å². The fourth-order valence-corrected chi connectivity index (χ4v) is 2.41. The maximum atomic E-state index is 12.0. The third kappa shape index (κ3) is 3.04. The van der Waals surface area contributed by atoms with Crippen molar-refractivity contribution in [2.45, 2.75) is 39.2 Å². The lowest BCUT2D eigenvalue weighted by Crippen LogP contribution is -2.30. The van der Waals surface area contributed by atoms with Gasteiger partial charge < -0.3 is 11.1 Å². The molecule has 1 aliphatic rings. The molecule has 1 amide bonds. The highest BCUT2D eigenvalue weighted by Crippen LogP contribution is 2.23. The number of hydrogen-bond donors (Lipinski definition) is 2. The highest BCUT2D eigenvalue weighted by molar-refractivity contribution is 5.95. The summed E-state index contributed by atoms with van der Waals surface area (Å²) in [4.78, 5) is 12.0. The minimum absolute atomic E-state index is 0.0639. The largest absolute Gasteiger partial charge is 0.352 e. The molecule has 2 unspecified atom stereocenters. The zero-order valence-corrected chi connectivity index (χ0v) is 10.9. The predicted octanol–water partition coefficient (Wildman–Crippen LogP) is 0.951. The molecular formula is C13H20N4O. The van der Waals surface area contributed by atoms with E-state index in [4.69, 9.17) is 5.73 Å². The van der Waals surface area contributed by atoms with Crippen LogP contribution in [-0.4, -0.2) is 28.7 Å². The topological polar surface area (TPSA) is 80.9 Å². The Kier molecular flexibility index (Phi) is 3.91. The van der Waals surface area contributed by atoms with Gasteiger partial charge in [0.1, 0.15) is 0 Å².